The van der Waals surface area contributed by atoms with Crippen LogP contribution in [-0.2, 0) is 4.74 Å². The Morgan fingerprint density at radius 1 is 1.44 bits per heavy atom. The lowest BCUT2D eigenvalue weighted by atomic mass is 10.1. The van der Waals surface area contributed by atoms with E-state index < -0.39 is 0 Å². The van der Waals surface area contributed by atoms with Gasteiger partial charge < -0.3 is 20.5 Å². The van der Waals surface area contributed by atoms with Gasteiger partial charge in [-0.2, -0.15) is 0 Å². The van der Waals surface area contributed by atoms with Gasteiger partial charge in [0, 0.05) is 19.2 Å². The van der Waals surface area contributed by atoms with Crippen LogP contribution in [0.2, 0.25) is 0 Å². The zero-order chi connectivity index (χ0) is 13.5. The van der Waals surface area contributed by atoms with E-state index in [0.717, 1.165) is 5.56 Å². The van der Waals surface area contributed by atoms with Crippen LogP contribution >= 0.6 is 0 Å². The van der Waals surface area contributed by atoms with Gasteiger partial charge in [-0.15, -0.1) is 0 Å². The number of hydrogen-bond donors (Lipinski definition) is 2. The molecule has 0 aliphatic carbocycles. The van der Waals surface area contributed by atoms with Gasteiger partial charge in [0.1, 0.15) is 5.75 Å². The van der Waals surface area contributed by atoms with Crippen molar-refractivity contribution in [2.75, 3.05) is 27.4 Å². The van der Waals surface area contributed by atoms with Gasteiger partial charge in [0.2, 0.25) is 0 Å². The maximum atomic E-state index is 12.0. The molecule has 1 unspecified atom stereocenters. The lowest BCUT2D eigenvalue weighted by molar-refractivity contribution is 0.0900. The van der Waals surface area contributed by atoms with Crippen LogP contribution in [0.15, 0.2) is 18.2 Å². The van der Waals surface area contributed by atoms with Crippen LogP contribution in [0.4, 0.5) is 0 Å². The number of nitrogens with one attached hydrogen (secondary N) is 1. The van der Waals surface area contributed by atoms with Gasteiger partial charge >= 0.3 is 0 Å². The highest BCUT2D eigenvalue weighted by atomic mass is 16.5. The Kier molecular flexibility index (Phi) is 5.61. The highest BCUT2D eigenvalue weighted by molar-refractivity contribution is 5.94. The number of rotatable bonds is 6. The molecule has 0 aliphatic heterocycles. The fraction of sp³-hybridized carbons (Fsp3) is 0.462. The standard InChI is InChI=1S/C13H20N2O3/c1-9-4-5-10(6-12(9)18-3)13(16)15-11(7-14)8-17-2/h4-6,11H,7-8,14H2,1-3H3,(H,15,16). The molecule has 0 bridgehead atoms. The van der Waals surface area contributed by atoms with E-state index in [9.17, 15) is 4.79 Å². The van der Waals surface area contributed by atoms with Gasteiger partial charge in [0.15, 0.2) is 0 Å². The molecule has 0 heterocycles. The van der Waals surface area contributed by atoms with Crippen molar-refractivity contribution in [3.8, 4) is 5.75 Å². The van der Waals surface area contributed by atoms with E-state index in [1.165, 1.54) is 0 Å². The molecule has 0 saturated carbocycles. The molecule has 1 rings (SSSR count). The average Bonchev–Trinajstić information content (AvgIpc) is 2.38. The summed E-state index contributed by atoms with van der Waals surface area (Å²) in [5.74, 6) is 0.513. The summed E-state index contributed by atoms with van der Waals surface area (Å²) in [5, 5.41) is 2.81. The fourth-order valence-electron chi connectivity index (χ4n) is 1.60. The van der Waals surface area contributed by atoms with Crippen molar-refractivity contribution in [2.24, 2.45) is 5.73 Å². The topological polar surface area (TPSA) is 73.6 Å². The zero-order valence-corrected chi connectivity index (χ0v) is 11.0. The summed E-state index contributed by atoms with van der Waals surface area (Å²) in [6.07, 6.45) is 0. The minimum Gasteiger partial charge on any atom is -0.496 e. The predicted octanol–water partition coefficient (Wildman–Crippen LogP) is 0.707. The maximum Gasteiger partial charge on any atom is 0.251 e. The Balaban J connectivity index is 2.77. The third-order valence-electron chi connectivity index (χ3n) is 2.66. The molecule has 1 amide bonds. The number of methoxy groups -OCH3 is 2. The van der Waals surface area contributed by atoms with E-state index in [0.29, 0.717) is 24.5 Å². The third-order valence-corrected chi connectivity index (χ3v) is 2.66. The van der Waals surface area contributed by atoms with Gasteiger partial charge in [-0.3, -0.25) is 4.79 Å². The second-order valence-corrected chi connectivity index (χ2v) is 4.05. The normalized spacial score (nSPS) is 12.0. The molecule has 1 aromatic rings. The first-order valence-corrected chi connectivity index (χ1v) is 5.76. The number of benzene rings is 1. The van der Waals surface area contributed by atoms with Crippen LogP contribution in [0.25, 0.3) is 0 Å². The van der Waals surface area contributed by atoms with E-state index in [2.05, 4.69) is 5.32 Å². The largest absolute Gasteiger partial charge is 0.496 e. The highest BCUT2D eigenvalue weighted by Gasteiger charge is 2.13. The van der Waals surface area contributed by atoms with Gasteiger partial charge in [0.05, 0.1) is 19.8 Å². The molecule has 1 atom stereocenters. The molecule has 5 heteroatoms. The van der Waals surface area contributed by atoms with Crippen molar-refractivity contribution in [3.63, 3.8) is 0 Å². The van der Waals surface area contributed by atoms with Crippen molar-refractivity contribution in [1.82, 2.24) is 5.32 Å². The number of hydrogen-bond acceptors (Lipinski definition) is 4. The number of aryl methyl sites for hydroxylation is 1. The molecule has 1 aromatic carbocycles. The lowest BCUT2D eigenvalue weighted by Crippen LogP contribution is -2.43. The summed E-state index contributed by atoms with van der Waals surface area (Å²) in [4.78, 5) is 12.0. The molecule has 0 spiro atoms. The smallest absolute Gasteiger partial charge is 0.251 e. The van der Waals surface area contributed by atoms with E-state index in [1.54, 1.807) is 26.4 Å². The SMILES string of the molecule is COCC(CN)NC(=O)c1ccc(C)c(OC)c1. The van der Waals surface area contributed by atoms with Crippen LogP contribution in [0.5, 0.6) is 5.75 Å². The Morgan fingerprint density at radius 3 is 2.72 bits per heavy atom. The Morgan fingerprint density at radius 2 is 2.17 bits per heavy atom. The molecule has 3 N–H and O–H groups in total. The maximum absolute atomic E-state index is 12.0. The minimum atomic E-state index is -0.185. The minimum absolute atomic E-state index is 0.180. The summed E-state index contributed by atoms with van der Waals surface area (Å²) in [6.45, 7) is 2.65. The molecule has 0 aromatic heterocycles. The first kappa shape index (κ1) is 14.5. The molecule has 0 aliphatic rings. The average molecular weight is 252 g/mol. The molecule has 5 nitrogen and oxygen atoms in total. The summed E-state index contributed by atoms with van der Waals surface area (Å²) in [6, 6.07) is 5.13. The second-order valence-electron chi connectivity index (χ2n) is 4.05. The summed E-state index contributed by atoms with van der Waals surface area (Å²) < 4.78 is 10.2. The van der Waals surface area contributed by atoms with Crippen molar-refractivity contribution < 1.29 is 14.3 Å². The van der Waals surface area contributed by atoms with Crippen LogP contribution in [0, 0.1) is 6.92 Å². The first-order chi connectivity index (χ1) is 8.62. The summed E-state index contributed by atoms with van der Waals surface area (Å²) in [5.41, 5.74) is 7.08. The Bertz CT molecular complexity index is 407. The second kappa shape index (κ2) is 6.98. The number of carbonyl (C=O) groups excluding carboxylic acids is 1. The molecule has 0 saturated heterocycles. The molecule has 100 valence electrons. The number of nitrogens with two attached hydrogens (primary N) is 1. The van der Waals surface area contributed by atoms with Crippen molar-refractivity contribution in [2.45, 2.75) is 13.0 Å². The van der Waals surface area contributed by atoms with Crippen molar-refractivity contribution in [3.05, 3.63) is 29.3 Å². The van der Waals surface area contributed by atoms with E-state index in [-0.39, 0.29) is 11.9 Å². The van der Waals surface area contributed by atoms with Gasteiger partial charge in [0.25, 0.3) is 5.91 Å². The van der Waals surface area contributed by atoms with Crippen molar-refractivity contribution in [1.29, 1.82) is 0 Å². The quantitative estimate of drug-likeness (QED) is 0.782. The summed E-state index contributed by atoms with van der Waals surface area (Å²) >= 11 is 0. The van der Waals surface area contributed by atoms with Gasteiger partial charge in [-0.1, -0.05) is 6.07 Å². The molecular weight excluding hydrogens is 232 g/mol. The Hall–Kier alpha value is -1.59. The predicted molar refractivity (Wildman–Crippen MR) is 69.9 cm³/mol. The van der Waals surface area contributed by atoms with Crippen LogP contribution < -0.4 is 15.8 Å². The number of carbonyl (C=O) groups is 1. The van der Waals surface area contributed by atoms with Crippen molar-refractivity contribution >= 4 is 5.91 Å². The van der Waals surface area contributed by atoms with Crippen LogP contribution in [0.3, 0.4) is 0 Å². The lowest BCUT2D eigenvalue weighted by Gasteiger charge is -2.16. The summed E-state index contributed by atoms with van der Waals surface area (Å²) in [7, 11) is 3.15. The molecule has 0 radical (unpaired) electrons. The zero-order valence-electron chi connectivity index (χ0n) is 11.0. The molecule has 0 fully saturated rings. The molecule has 18 heavy (non-hydrogen) atoms. The van der Waals surface area contributed by atoms with Gasteiger partial charge in [-0.05, 0) is 24.6 Å². The van der Waals surface area contributed by atoms with E-state index in [1.807, 2.05) is 13.0 Å². The van der Waals surface area contributed by atoms with E-state index >= 15 is 0 Å². The first-order valence-electron chi connectivity index (χ1n) is 5.76. The van der Waals surface area contributed by atoms with Gasteiger partial charge in [-0.25, -0.2) is 0 Å². The number of ether oxygens (including phenoxy) is 2. The monoisotopic (exact) mass is 252 g/mol. The third kappa shape index (κ3) is 3.72. The number of amides is 1. The van der Waals surface area contributed by atoms with E-state index in [4.69, 9.17) is 15.2 Å². The Labute approximate surface area is 107 Å². The van der Waals surface area contributed by atoms with Crippen LogP contribution in [0.1, 0.15) is 15.9 Å². The van der Waals surface area contributed by atoms with Crippen LogP contribution in [-0.4, -0.2) is 39.3 Å². The fourth-order valence-corrected chi connectivity index (χ4v) is 1.60. The highest BCUT2D eigenvalue weighted by Crippen LogP contribution is 2.18. The molecular formula is C13H20N2O3.